The lowest BCUT2D eigenvalue weighted by atomic mass is 10.2. The van der Waals surface area contributed by atoms with Crippen LogP contribution < -0.4 is 4.72 Å². The molecule has 2 N–H and O–H groups in total. The van der Waals surface area contributed by atoms with Crippen molar-refractivity contribution in [2.24, 2.45) is 5.92 Å². The number of nitrogens with one attached hydrogen (secondary N) is 1. The van der Waals surface area contributed by atoms with Gasteiger partial charge in [0.2, 0.25) is 10.0 Å². The van der Waals surface area contributed by atoms with E-state index in [1.165, 1.54) is 19.1 Å². The van der Waals surface area contributed by atoms with Gasteiger partial charge in [-0.05, 0) is 19.1 Å². The molecule has 1 aromatic rings. The first-order valence-electron chi connectivity index (χ1n) is 5.12. The van der Waals surface area contributed by atoms with Gasteiger partial charge in [-0.15, -0.1) is 0 Å². The van der Waals surface area contributed by atoms with Gasteiger partial charge in [0, 0.05) is 6.54 Å². The number of carboxylic acids is 1. The van der Waals surface area contributed by atoms with Crippen LogP contribution in [0.4, 0.5) is 0 Å². The largest absolute Gasteiger partial charge is 0.481 e. The number of hydrogen-bond acceptors (Lipinski definition) is 3. The second-order valence-corrected chi connectivity index (χ2v) is 5.67. The fourth-order valence-corrected chi connectivity index (χ4v) is 2.25. The maximum atomic E-state index is 11.8. The highest BCUT2D eigenvalue weighted by molar-refractivity contribution is 7.89. The summed E-state index contributed by atoms with van der Waals surface area (Å²) >= 11 is 0. The van der Waals surface area contributed by atoms with Crippen LogP contribution in [0.1, 0.15) is 12.5 Å². The van der Waals surface area contributed by atoms with Crippen molar-refractivity contribution in [3.63, 3.8) is 0 Å². The molecule has 0 fully saturated rings. The quantitative estimate of drug-likeness (QED) is 0.824. The Hall–Kier alpha value is -1.40. The highest BCUT2D eigenvalue weighted by Crippen LogP contribution is 2.10. The molecule has 17 heavy (non-hydrogen) atoms. The molecule has 0 aliphatic carbocycles. The maximum Gasteiger partial charge on any atom is 0.307 e. The zero-order valence-corrected chi connectivity index (χ0v) is 10.5. The zero-order valence-electron chi connectivity index (χ0n) is 9.67. The summed E-state index contributed by atoms with van der Waals surface area (Å²) in [5, 5.41) is 8.65. The van der Waals surface area contributed by atoms with Gasteiger partial charge < -0.3 is 5.11 Å². The predicted octanol–water partition coefficient (Wildman–Crippen LogP) is 0.994. The van der Waals surface area contributed by atoms with E-state index in [2.05, 4.69) is 4.72 Å². The Kier molecular flexibility index (Phi) is 4.25. The molecule has 1 aromatic carbocycles. The van der Waals surface area contributed by atoms with Crippen LogP contribution in [0.5, 0.6) is 0 Å². The summed E-state index contributed by atoms with van der Waals surface area (Å²) in [6, 6.07) is 6.36. The molecule has 0 radical (unpaired) electrons. The third-order valence-corrected chi connectivity index (χ3v) is 3.77. The smallest absolute Gasteiger partial charge is 0.307 e. The summed E-state index contributed by atoms with van der Waals surface area (Å²) in [7, 11) is -3.62. The fourth-order valence-electron chi connectivity index (χ4n) is 1.12. The molecule has 0 bridgehead atoms. The standard InChI is InChI=1S/C11H15NO4S/c1-8-3-5-10(6-4-8)17(15,16)12-7-9(2)11(13)14/h3-6,9,12H,7H2,1-2H3,(H,13,14). The van der Waals surface area contributed by atoms with E-state index in [9.17, 15) is 13.2 Å². The molecule has 0 spiro atoms. The van der Waals surface area contributed by atoms with Crippen molar-refractivity contribution in [3.05, 3.63) is 29.8 Å². The minimum Gasteiger partial charge on any atom is -0.481 e. The third kappa shape index (κ3) is 3.83. The summed E-state index contributed by atoms with van der Waals surface area (Å²) in [5.74, 6) is -1.79. The highest BCUT2D eigenvalue weighted by Gasteiger charge is 2.17. The van der Waals surface area contributed by atoms with E-state index in [1.54, 1.807) is 12.1 Å². The maximum absolute atomic E-state index is 11.8. The van der Waals surface area contributed by atoms with Crippen molar-refractivity contribution in [1.82, 2.24) is 4.72 Å². The molecule has 5 nitrogen and oxygen atoms in total. The average molecular weight is 257 g/mol. The topological polar surface area (TPSA) is 83.5 Å². The number of aliphatic carboxylic acids is 1. The van der Waals surface area contributed by atoms with Gasteiger partial charge in [-0.3, -0.25) is 4.79 Å². The number of sulfonamides is 1. The average Bonchev–Trinajstić information content (AvgIpc) is 2.26. The molecular weight excluding hydrogens is 242 g/mol. The van der Waals surface area contributed by atoms with Crippen molar-refractivity contribution < 1.29 is 18.3 Å². The molecule has 0 saturated carbocycles. The number of carboxylic acid groups (broad SMARTS) is 1. The van der Waals surface area contributed by atoms with Crippen molar-refractivity contribution in [2.75, 3.05) is 6.54 Å². The van der Waals surface area contributed by atoms with E-state index in [-0.39, 0.29) is 11.4 Å². The molecule has 1 unspecified atom stereocenters. The van der Waals surface area contributed by atoms with E-state index in [1.807, 2.05) is 6.92 Å². The number of benzene rings is 1. The van der Waals surface area contributed by atoms with Crippen LogP contribution in [0.3, 0.4) is 0 Å². The molecule has 1 rings (SSSR count). The van der Waals surface area contributed by atoms with Crippen LogP contribution in [-0.2, 0) is 14.8 Å². The SMILES string of the molecule is Cc1ccc(S(=O)(=O)NCC(C)C(=O)O)cc1. The van der Waals surface area contributed by atoms with Gasteiger partial charge in [0.1, 0.15) is 0 Å². The molecule has 0 saturated heterocycles. The van der Waals surface area contributed by atoms with Crippen LogP contribution in [0.2, 0.25) is 0 Å². The number of hydrogen-bond donors (Lipinski definition) is 2. The van der Waals surface area contributed by atoms with Crippen LogP contribution in [0, 0.1) is 12.8 Å². The molecule has 1 atom stereocenters. The zero-order chi connectivity index (χ0) is 13.1. The minimum atomic E-state index is -3.62. The predicted molar refractivity (Wildman–Crippen MR) is 63.2 cm³/mol. The van der Waals surface area contributed by atoms with Crippen molar-refractivity contribution in [2.45, 2.75) is 18.7 Å². The van der Waals surface area contributed by atoms with E-state index < -0.39 is 21.9 Å². The monoisotopic (exact) mass is 257 g/mol. The molecule has 0 heterocycles. The first kappa shape index (κ1) is 13.7. The molecule has 0 aliphatic heterocycles. The number of rotatable bonds is 5. The van der Waals surface area contributed by atoms with Crippen molar-refractivity contribution >= 4 is 16.0 Å². The number of aryl methyl sites for hydroxylation is 1. The third-order valence-electron chi connectivity index (χ3n) is 2.33. The second-order valence-electron chi connectivity index (χ2n) is 3.90. The van der Waals surface area contributed by atoms with Crippen LogP contribution in [0.25, 0.3) is 0 Å². The molecule has 0 aromatic heterocycles. The Morgan fingerprint density at radius 2 is 1.88 bits per heavy atom. The van der Waals surface area contributed by atoms with Gasteiger partial charge in [0.15, 0.2) is 0 Å². The summed E-state index contributed by atoms with van der Waals surface area (Å²) < 4.78 is 25.8. The molecule has 94 valence electrons. The minimum absolute atomic E-state index is 0.120. The van der Waals surface area contributed by atoms with Gasteiger partial charge in [-0.25, -0.2) is 13.1 Å². The van der Waals surface area contributed by atoms with Gasteiger partial charge >= 0.3 is 5.97 Å². The lowest BCUT2D eigenvalue weighted by Gasteiger charge is -2.09. The first-order chi connectivity index (χ1) is 7.83. The van der Waals surface area contributed by atoms with E-state index >= 15 is 0 Å². The Labute approximate surface area is 101 Å². The van der Waals surface area contributed by atoms with Gasteiger partial charge in [0.25, 0.3) is 0 Å². The van der Waals surface area contributed by atoms with Crippen LogP contribution in [0.15, 0.2) is 29.2 Å². The van der Waals surface area contributed by atoms with Gasteiger partial charge in [-0.2, -0.15) is 0 Å². The first-order valence-corrected chi connectivity index (χ1v) is 6.60. The summed E-state index contributed by atoms with van der Waals surface area (Å²) in [4.78, 5) is 10.7. The van der Waals surface area contributed by atoms with Crippen molar-refractivity contribution in [3.8, 4) is 0 Å². The van der Waals surface area contributed by atoms with Crippen molar-refractivity contribution in [1.29, 1.82) is 0 Å². The Morgan fingerprint density at radius 1 is 1.35 bits per heavy atom. The number of carbonyl (C=O) groups is 1. The lowest BCUT2D eigenvalue weighted by Crippen LogP contribution is -2.31. The van der Waals surface area contributed by atoms with E-state index in [4.69, 9.17) is 5.11 Å². The van der Waals surface area contributed by atoms with E-state index in [0.29, 0.717) is 0 Å². The molecular formula is C11H15NO4S. The molecule has 0 aliphatic rings. The molecule has 0 amide bonds. The van der Waals surface area contributed by atoms with Crippen LogP contribution in [-0.4, -0.2) is 26.0 Å². The Bertz CT molecular complexity index is 493. The van der Waals surface area contributed by atoms with Gasteiger partial charge in [-0.1, -0.05) is 24.6 Å². The summed E-state index contributed by atoms with van der Waals surface area (Å²) in [6.45, 7) is 3.18. The summed E-state index contributed by atoms with van der Waals surface area (Å²) in [5.41, 5.74) is 0.961. The highest BCUT2D eigenvalue weighted by atomic mass is 32.2. The Balaban J connectivity index is 2.76. The second kappa shape index (κ2) is 5.29. The normalized spacial score (nSPS) is 13.3. The van der Waals surface area contributed by atoms with Crippen LogP contribution >= 0.6 is 0 Å². The molecule has 6 heteroatoms. The fraction of sp³-hybridized carbons (Fsp3) is 0.364. The van der Waals surface area contributed by atoms with Gasteiger partial charge in [0.05, 0.1) is 10.8 Å². The Morgan fingerprint density at radius 3 is 2.35 bits per heavy atom. The lowest BCUT2D eigenvalue weighted by molar-refractivity contribution is -0.140. The van der Waals surface area contributed by atoms with E-state index in [0.717, 1.165) is 5.56 Å². The summed E-state index contributed by atoms with van der Waals surface area (Å²) in [6.07, 6.45) is 0.